The van der Waals surface area contributed by atoms with Crippen molar-refractivity contribution in [3.05, 3.63) is 17.5 Å². The van der Waals surface area contributed by atoms with Gasteiger partial charge in [0, 0.05) is 25.2 Å². The van der Waals surface area contributed by atoms with Gasteiger partial charge in [-0.3, -0.25) is 4.68 Å². The fourth-order valence-electron chi connectivity index (χ4n) is 1.85. The van der Waals surface area contributed by atoms with Gasteiger partial charge in [0.15, 0.2) is 0 Å². The van der Waals surface area contributed by atoms with Crippen molar-refractivity contribution in [1.29, 1.82) is 0 Å². The van der Waals surface area contributed by atoms with Crippen molar-refractivity contribution >= 4 is 0 Å². The van der Waals surface area contributed by atoms with Crippen LogP contribution < -0.4 is 5.32 Å². The van der Waals surface area contributed by atoms with Gasteiger partial charge in [-0.05, 0) is 33.9 Å². The number of nitrogens with zero attached hydrogens (tertiary/aromatic N) is 2. The molecule has 0 aromatic carbocycles. The van der Waals surface area contributed by atoms with Crippen molar-refractivity contribution < 1.29 is 5.11 Å². The Labute approximate surface area is 91.3 Å². The van der Waals surface area contributed by atoms with Crippen LogP contribution in [0.25, 0.3) is 0 Å². The second-order valence-corrected chi connectivity index (χ2v) is 4.30. The highest BCUT2D eigenvalue weighted by Crippen LogP contribution is 2.13. The fourth-order valence-corrected chi connectivity index (χ4v) is 1.85. The highest BCUT2D eigenvalue weighted by atomic mass is 16.3. The molecule has 1 aromatic rings. The molecule has 0 bridgehead atoms. The van der Waals surface area contributed by atoms with E-state index in [1.165, 1.54) is 0 Å². The Hall–Kier alpha value is -0.870. The zero-order valence-electron chi connectivity index (χ0n) is 10.0. The molecule has 0 saturated heterocycles. The third-order valence-electron chi connectivity index (χ3n) is 2.40. The predicted octanol–water partition coefficient (Wildman–Crippen LogP) is 0.724. The van der Waals surface area contributed by atoms with E-state index in [0.29, 0.717) is 13.0 Å². The Morgan fingerprint density at radius 1 is 1.60 bits per heavy atom. The van der Waals surface area contributed by atoms with Gasteiger partial charge < -0.3 is 10.4 Å². The topological polar surface area (TPSA) is 50.1 Å². The van der Waals surface area contributed by atoms with E-state index in [9.17, 15) is 5.11 Å². The average molecular weight is 211 g/mol. The molecule has 1 heterocycles. The zero-order chi connectivity index (χ0) is 11.5. The van der Waals surface area contributed by atoms with Gasteiger partial charge >= 0.3 is 0 Å². The number of hydrogen-bond acceptors (Lipinski definition) is 3. The normalized spacial score (nSPS) is 15.3. The molecule has 4 heteroatoms. The molecule has 0 radical (unpaired) electrons. The lowest BCUT2D eigenvalue weighted by molar-refractivity contribution is 0.0601. The summed E-state index contributed by atoms with van der Waals surface area (Å²) >= 11 is 0. The van der Waals surface area contributed by atoms with Gasteiger partial charge in [-0.25, -0.2) is 0 Å². The lowest BCUT2D eigenvalue weighted by atomic mass is 10.00. The lowest BCUT2D eigenvalue weighted by Gasteiger charge is -2.22. The van der Waals surface area contributed by atoms with E-state index < -0.39 is 5.60 Å². The highest BCUT2D eigenvalue weighted by Gasteiger charge is 2.22. The van der Waals surface area contributed by atoms with E-state index in [1.807, 2.05) is 31.6 Å². The SMILES string of the molecule is CCn1nc(C)cc1CC(C)(O)CNC. The minimum atomic E-state index is -0.714. The molecule has 86 valence electrons. The maximum Gasteiger partial charge on any atom is 0.0798 e. The first-order valence-electron chi connectivity index (χ1n) is 5.39. The van der Waals surface area contributed by atoms with Crippen molar-refractivity contribution in [2.45, 2.75) is 39.3 Å². The van der Waals surface area contributed by atoms with Crippen molar-refractivity contribution in [2.24, 2.45) is 0 Å². The lowest BCUT2D eigenvalue weighted by Crippen LogP contribution is -2.38. The summed E-state index contributed by atoms with van der Waals surface area (Å²) in [7, 11) is 1.84. The Balaban J connectivity index is 2.78. The van der Waals surface area contributed by atoms with E-state index in [1.54, 1.807) is 0 Å². The predicted molar refractivity (Wildman–Crippen MR) is 60.9 cm³/mol. The Morgan fingerprint density at radius 3 is 2.80 bits per heavy atom. The van der Waals surface area contributed by atoms with E-state index >= 15 is 0 Å². The Kier molecular flexibility index (Phi) is 3.88. The molecular weight excluding hydrogens is 190 g/mol. The minimum Gasteiger partial charge on any atom is -0.388 e. The second-order valence-electron chi connectivity index (χ2n) is 4.30. The largest absolute Gasteiger partial charge is 0.388 e. The van der Waals surface area contributed by atoms with E-state index in [-0.39, 0.29) is 0 Å². The van der Waals surface area contributed by atoms with Crippen molar-refractivity contribution in [3.63, 3.8) is 0 Å². The Morgan fingerprint density at radius 2 is 2.27 bits per heavy atom. The van der Waals surface area contributed by atoms with Crippen LogP contribution >= 0.6 is 0 Å². The molecule has 0 amide bonds. The minimum absolute atomic E-state index is 0.584. The summed E-state index contributed by atoms with van der Waals surface area (Å²) in [5, 5.41) is 17.4. The maximum absolute atomic E-state index is 10.1. The van der Waals surface area contributed by atoms with Gasteiger partial charge in [-0.2, -0.15) is 5.10 Å². The van der Waals surface area contributed by atoms with Gasteiger partial charge in [-0.15, -0.1) is 0 Å². The van der Waals surface area contributed by atoms with E-state index in [0.717, 1.165) is 17.9 Å². The van der Waals surface area contributed by atoms with Gasteiger partial charge in [-0.1, -0.05) is 0 Å². The first-order valence-corrected chi connectivity index (χ1v) is 5.39. The van der Waals surface area contributed by atoms with Gasteiger partial charge in [0.05, 0.1) is 11.3 Å². The smallest absolute Gasteiger partial charge is 0.0798 e. The number of hydrogen-bond donors (Lipinski definition) is 2. The third-order valence-corrected chi connectivity index (χ3v) is 2.40. The molecule has 1 aromatic heterocycles. The van der Waals surface area contributed by atoms with Gasteiger partial charge in [0.25, 0.3) is 0 Å². The monoisotopic (exact) mass is 211 g/mol. The number of likely N-dealkylation sites (N-methyl/N-ethyl adjacent to an activating group) is 1. The molecular formula is C11H21N3O. The fraction of sp³-hybridized carbons (Fsp3) is 0.727. The molecule has 2 N–H and O–H groups in total. The summed E-state index contributed by atoms with van der Waals surface area (Å²) in [4.78, 5) is 0. The van der Waals surface area contributed by atoms with Gasteiger partial charge in [0.1, 0.15) is 0 Å². The molecule has 1 unspecified atom stereocenters. The first-order chi connectivity index (χ1) is 6.98. The van der Waals surface area contributed by atoms with E-state index in [4.69, 9.17) is 0 Å². The number of aromatic nitrogens is 2. The second kappa shape index (κ2) is 4.77. The van der Waals surface area contributed by atoms with E-state index in [2.05, 4.69) is 17.3 Å². The molecule has 15 heavy (non-hydrogen) atoms. The van der Waals surface area contributed by atoms with Crippen molar-refractivity contribution in [3.8, 4) is 0 Å². The third kappa shape index (κ3) is 3.32. The molecule has 4 nitrogen and oxygen atoms in total. The van der Waals surface area contributed by atoms with Crippen LogP contribution in [0.4, 0.5) is 0 Å². The van der Waals surface area contributed by atoms with Crippen LogP contribution in [0.1, 0.15) is 25.2 Å². The summed E-state index contributed by atoms with van der Waals surface area (Å²) < 4.78 is 1.94. The average Bonchev–Trinajstić information content (AvgIpc) is 2.44. The number of nitrogens with one attached hydrogen (secondary N) is 1. The van der Waals surface area contributed by atoms with Crippen LogP contribution in [0.15, 0.2) is 6.07 Å². The molecule has 0 aliphatic heterocycles. The van der Waals surface area contributed by atoms with Crippen molar-refractivity contribution in [1.82, 2.24) is 15.1 Å². The number of aliphatic hydroxyl groups is 1. The summed E-state index contributed by atoms with van der Waals surface area (Å²) in [6.45, 7) is 7.30. The Bertz CT molecular complexity index is 318. The summed E-state index contributed by atoms with van der Waals surface area (Å²) in [5.41, 5.74) is 1.39. The van der Waals surface area contributed by atoms with Gasteiger partial charge in [0.2, 0.25) is 0 Å². The molecule has 0 spiro atoms. The summed E-state index contributed by atoms with van der Waals surface area (Å²) in [6.07, 6.45) is 0.628. The van der Waals surface area contributed by atoms with Crippen LogP contribution in [0, 0.1) is 6.92 Å². The molecule has 1 rings (SSSR count). The summed E-state index contributed by atoms with van der Waals surface area (Å²) in [6, 6.07) is 2.04. The first kappa shape index (κ1) is 12.2. The molecule has 0 aliphatic carbocycles. The van der Waals surface area contributed by atoms with Crippen LogP contribution in [-0.4, -0.2) is 34.1 Å². The number of rotatable bonds is 5. The van der Waals surface area contributed by atoms with Crippen LogP contribution in [0.3, 0.4) is 0 Å². The highest BCUT2D eigenvalue weighted by molar-refractivity contribution is 5.11. The van der Waals surface area contributed by atoms with Crippen molar-refractivity contribution in [2.75, 3.05) is 13.6 Å². The maximum atomic E-state index is 10.1. The summed E-state index contributed by atoms with van der Waals surface area (Å²) in [5.74, 6) is 0. The van der Waals surface area contributed by atoms with Crippen LogP contribution in [-0.2, 0) is 13.0 Å². The molecule has 0 aliphatic rings. The molecule has 1 atom stereocenters. The zero-order valence-corrected chi connectivity index (χ0v) is 10.0. The van der Waals surface area contributed by atoms with Crippen LogP contribution in [0.2, 0.25) is 0 Å². The quantitative estimate of drug-likeness (QED) is 0.754. The molecule has 0 saturated carbocycles. The number of aryl methyl sites for hydroxylation is 2. The standard InChI is InChI=1S/C11H21N3O/c1-5-14-10(6-9(2)13-14)7-11(3,15)8-12-4/h6,12,15H,5,7-8H2,1-4H3. The molecule has 0 fully saturated rings. The van der Waals surface area contributed by atoms with Crippen LogP contribution in [0.5, 0.6) is 0 Å².